The molecule has 1 aliphatic heterocycles. The normalized spacial score (nSPS) is 46.5. The zero-order chi connectivity index (χ0) is 29.2. The van der Waals surface area contributed by atoms with Gasteiger partial charge in [0.25, 0.3) is 0 Å². The van der Waals surface area contributed by atoms with Crippen LogP contribution < -0.4 is 16.0 Å². The largest absolute Gasteiger partial charge is 0.393 e. The van der Waals surface area contributed by atoms with Crippen molar-refractivity contribution in [2.75, 3.05) is 19.6 Å². The SMILES string of the molecule is C[C@@H]1C(CCC=O)[C@@]12CCC1C3C(O)C[C@H]4C[C@H](NCCCCNCC5C=CC=CN5)C/C=C/CC[C@H]4C3CC[C@@]12C. The molecule has 234 valence electrons. The Balaban J connectivity index is 1.03. The fraction of sp³-hybridized carbons (Fsp3) is 0.811. The molecule has 0 saturated heterocycles. The van der Waals surface area contributed by atoms with Crippen LogP contribution in [0, 0.1) is 52.3 Å². The quantitative estimate of drug-likeness (QED) is 0.135. The zero-order valence-corrected chi connectivity index (χ0v) is 26.5. The number of aliphatic hydroxyl groups is 1. The number of aldehydes is 1. The van der Waals surface area contributed by atoms with Gasteiger partial charge in [0.2, 0.25) is 0 Å². The Morgan fingerprint density at radius 3 is 2.76 bits per heavy atom. The number of carbonyl (C=O) groups excluding carboxylic acids is 1. The van der Waals surface area contributed by atoms with Crippen molar-refractivity contribution in [3.63, 3.8) is 0 Å². The second-order valence-corrected chi connectivity index (χ2v) is 15.3. The van der Waals surface area contributed by atoms with Crippen LogP contribution >= 0.6 is 0 Å². The molecule has 42 heavy (non-hydrogen) atoms. The highest BCUT2D eigenvalue weighted by atomic mass is 16.3. The van der Waals surface area contributed by atoms with Gasteiger partial charge in [0, 0.05) is 19.0 Å². The summed E-state index contributed by atoms with van der Waals surface area (Å²) in [7, 11) is 0. The molecule has 0 bridgehead atoms. The molecule has 5 nitrogen and oxygen atoms in total. The van der Waals surface area contributed by atoms with Crippen molar-refractivity contribution in [3.05, 3.63) is 36.6 Å². The molecule has 0 amide bonds. The predicted molar refractivity (Wildman–Crippen MR) is 172 cm³/mol. The molecule has 5 heteroatoms. The molecule has 6 aliphatic rings. The van der Waals surface area contributed by atoms with Gasteiger partial charge in [-0.2, -0.15) is 0 Å². The van der Waals surface area contributed by atoms with Crippen molar-refractivity contribution in [1.29, 1.82) is 0 Å². The average Bonchev–Trinajstić information content (AvgIpc) is 3.40. The molecule has 0 aromatic heterocycles. The van der Waals surface area contributed by atoms with Crippen LogP contribution in [0.25, 0.3) is 0 Å². The number of carbonyl (C=O) groups is 1. The molecule has 0 radical (unpaired) electrons. The third-order valence-corrected chi connectivity index (χ3v) is 13.7. The lowest BCUT2D eigenvalue weighted by molar-refractivity contribution is -0.125. The lowest BCUT2D eigenvalue weighted by Gasteiger charge is -2.57. The molecule has 6 unspecified atom stereocenters. The van der Waals surface area contributed by atoms with E-state index >= 15 is 0 Å². The summed E-state index contributed by atoms with van der Waals surface area (Å²) in [5, 5.41) is 22.8. The van der Waals surface area contributed by atoms with Gasteiger partial charge >= 0.3 is 0 Å². The molecule has 0 aromatic carbocycles. The Labute approximate surface area is 255 Å². The summed E-state index contributed by atoms with van der Waals surface area (Å²) < 4.78 is 0. The van der Waals surface area contributed by atoms with E-state index in [4.69, 9.17) is 0 Å². The van der Waals surface area contributed by atoms with Crippen LogP contribution in [0.1, 0.15) is 97.3 Å². The first-order chi connectivity index (χ1) is 20.5. The summed E-state index contributed by atoms with van der Waals surface area (Å²) in [6, 6.07) is 0.939. The molecule has 4 N–H and O–H groups in total. The van der Waals surface area contributed by atoms with Crippen molar-refractivity contribution < 1.29 is 9.90 Å². The smallest absolute Gasteiger partial charge is 0.120 e. The minimum Gasteiger partial charge on any atom is -0.393 e. The lowest BCUT2D eigenvalue weighted by atomic mass is 9.49. The molecule has 1 heterocycles. The Kier molecular flexibility index (Phi) is 9.67. The molecule has 1 spiro atoms. The number of fused-ring (bicyclic) bond motifs is 6. The Morgan fingerprint density at radius 2 is 1.93 bits per heavy atom. The van der Waals surface area contributed by atoms with E-state index in [-0.39, 0.29) is 6.10 Å². The minimum atomic E-state index is -0.136. The van der Waals surface area contributed by atoms with E-state index in [1.54, 1.807) is 0 Å². The minimum absolute atomic E-state index is 0.136. The molecule has 4 fully saturated rings. The van der Waals surface area contributed by atoms with Crippen LogP contribution in [0.2, 0.25) is 0 Å². The van der Waals surface area contributed by atoms with Crippen molar-refractivity contribution in [2.45, 2.75) is 116 Å². The highest BCUT2D eigenvalue weighted by Crippen LogP contribution is 2.81. The monoisotopic (exact) mass is 577 g/mol. The van der Waals surface area contributed by atoms with Gasteiger partial charge in [-0.25, -0.2) is 0 Å². The summed E-state index contributed by atoms with van der Waals surface area (Å²) in [6.07, 6.45) is 29.7. The summed E-state index contributed by atoms with van der Waals surface area (Å²) in [4.78, 5) is 11.2. The Morgan fingerprint density at radius 1 is 1.05 bits per heavy atom. The van der Waals surface area contributed by atoms with Crippen LogP contribution in [0.15, 0.2) is 36.6 Å². The standard InChI is InChI=1S/C37H59N3O2/c1-26-32(14-10-22-41)37(26)18-16-33-35-31(15-17-36(33,37)2)30-13-5-3-4-11-28(23-27(30)24-34(35)42)39-21-9-8-19-38-25-29-12-6-7-20-40-29/h3-4,6-7,12,20,22,26-35,38-40,42H,5,8-11,13-19,21,23-25H2,1-2H3/b4-3+/t26-,27-,28-,29?,30-,31?,32?,33?,34?,35?,36+,37-/m1/s1. The molecule has 12 atom stereocenters. The van der Waals surface area contributed by atoms with Gasteiger partial charge in [0.05, 0.1) is 12.1 Å². The molecule has 6 rings (SSSR count). The van der Waals surface area contributed by atoms with Crippen LogP contribution in [0.3, 0.4) is 0 Å². The fourth-order valence-corrected chi connectivity index (χ4v) is 11.8. The second kappa shape index (κ2) is 13.3. The highest BCUT2D eigenvalue weighted by molar-refractivity contribution is 5.49. The lowest BCUT2D eigenvalue weighted by Crippen LogP contribution is -2.54. The predicted octanol–water partition coefficient (Wildman–Crippen LogP) is 6.16. The van der Waals surface area contributed by atoms with Gasteiger partial charge < -0.3 is 25.9 Å². The van der Waals surface area contributed by atoms with Gasteiger partial charge in [-0.3, -0.25) is 0 Å². The van der Waals surface area contributed by atoms with Crippen molar-refractivity contribution >= 4 is 6.29 Å². The third kappa shape index (κ3) is 5.72. The second-order valence-electron chi connectivity index (χ2n) is 15.3. The summed E-state index contributed by atoms with van der Waals surface area (Å²) in [6.45, 7) is 8.22. The van der Waals surface area contributed by atoms with Crippen molar-refractivity contribution in [1.82, 2.24) is 16.0 Å². The van der Waals surface area contributed by atoms with Crippen molar-refractivity contribution in [3.8, 4) is 0 Å². The number of dihydropyridines is 1. The number of aliphatic hydroxyl groups excluding tert-OH is 1. The van der Waals surface area contributed by atoms with E-state index in [0.29, 0.717) is 46.6 Å². The number of unbranched alkanes of at least 4 members (excludes halogenated alkanes) is 1. The summed E-state index contributed by atoms with van der Waals surface area (Å²) >= 11 is 0. The number of hydrogen-bond donors (Lipinski definition) is 4. The fourth-order valence-electron chi connectivity index (χ4n) is 11.8. The number of rotatable bonds is 11. The maximum atomic E-state index is 11.9. The molecule has 5 aliphatic carbocycles. The van der Waals surface area contributed by atoms with E-state index in [2.05, 4.69) is 54.1 Å². The summed E-state index contributed by atoms with van der Waals surface area (Å²) in [5.41, 5.74) is 0.794. The molecule has 4 saturated carbocycles. The van der Waals surface area contributed by atoms with E-state index in [1.807, 2.05) is 12.3 Å². The molecular formula is C37H59N3O2. The van der Waals surface area contributed by atoms with Gasteiger partial charge in [-0.05, 0) is 155 Å². The van der Waals surface area contributed by atoms with E-state index in [1.165, 1.54) is 57.8 Å². The van der Waals surface area contributed by atoms with Crippen LogP contribution in [-0.2, 0) is 4.79 Å². The van der Waals surface area contributed by atoms with E-state index in [9.17, 15) is 9.90 Å². The van der Waals surface area contributed by atoms with E-state index < -0.39 is 0 Å². The van der Waals surface area contributed by atoms with Crippen LogP contribution in [0.5, 0.6) is 0 Å². The third-order valence-electron chi connectivity index (χ3n) is 13.7. The Hall–Kier alpha value is -1.43. The number of nitrogens with one attached hydrogen (secondary N) is 3. The first-order valence-electron chi connectivity index (χ1n) is 17.8. The zero-order valence-electron chi connectivity index (χ0n) is 26.5. The maximum Gasteiger partial charge on any atom is 0.120 e. The van der Waals surface area contributed by atoms with Gasteiger partial charge in [0.1, 0.15) is 6.29 Å². The molecular weight excluding hydrogens is 518 g/mol. The number of hydrogen-bond acceptors (Lipinski definition) is 5. The van der Waals surface area contributed by atoms with Gasteiger partial charge in [-0.1, -0.05) is 38.2 Å². The van der Waals surface area contributed by atoms with E-state index in [0.717, 1.165) is 69.4 Å². The topological polar surface area (TPSA) is 73.4 Å². The van der Waals surface area contributed by atoms with Gasteiger partial charge in [0.15, 0.2) is 0 Å². The van der Waals surface area contributed by atoms with Crippen LogP contribution in [0.4, 0.5) is 0 Å². The summed E-state index contributed by atoms with van der Waals surface area (Å²) in [5.74, 6) is 4.73. The van der Waals surface area contributed by atoms with Gasteiger partial charge in [-0.15, -0.1) is 0 Å². The van der Waals surface area contributed by atoms with Crippen LogP contribution in [-0.4, -0.2) is 49.2 Å². The average molecular weight is 578 g/mol. The first-order valence-corrected chi connectivity index (χ1v) is 17.8. The Bertz CT molecular complexity index is 1010. The first kappa shape index (κ1) is 30.6. The molecule has 0 aromatic rings. The highest BCUT2D eigenvalue weighted by Gasteiger charge is 2.75. The van der Waals surface area contributed by atoms with Crippen molar-refractivity contribution in [2.24, 2.45) is 52.3 Å². The number of allylic oxidation sites excluding steroid dienone is 3. The maximum absolute atomic E-state index is 11.9.